The molecule has 0 radical (unpaired) electrons. The van der Waals surface area contributed by atoms with Gasteiger partial charge in [0.2, 0.25) is 0 Å². The minimum atomic E-state index is 0.0389. The largest absolute Gasteiger partial charge is 0.303 e. The Morgan fingerprint density at radius 3 is 2.37 bits per heavy atom. The Balaban J connectivity index is 1.48. The quantitative estimate of drug-likeness (QED) is 0.544. The summed E-state index contributed by atoms with van der Waals surface area (Å²) in [6, 6.07) is 0. The highest BCUT2D eigenvalue weighted by atomic mass is 16.1. The van der Waals surface area contributed by atoms with Crippen molar-refractivity contribution >= 4 is 12.1 Å². The van der Waals surface area contributed by atoms with Gasteiger partial charge in [-0.3, -0.25) is 4.79 Å². The van der Waals surface area contributed by atoms with E-state index in [4.69, 9.17) is 0 Å². The van der Waals surface area contributed by atoms with Crippen LogP contribution in [0.3, 0.4) is 0 Å². The maximum atomic E-state index is 12.4. The van der Waals surface area contributed by atoms with Crippen molar-refractivity contribution in [1.29, 1.82) is 0 Å². The Morgan fingerprint density at radius 2 is 1.59 bits per heavy atom. The number of hydrogen-bond acceptors (Lipinski definition) is 2. The molecule has 0 amide bonds. The summed E-state index contributed by atoms with van der Waals surface area (Å²) in [6.07, 6.45) is 14.7. The van der Waals surface area contributed by atoms with Gasteiger partial charge in [0, 0.05) is 17.8 Å². The van der Waals surface area contributed by atoms with Crippen LogP contribution in [0.5, 0.6) is 0 Å². The van der Waals surface area contributed by atoms with Gasteiger partial charge < -0.3 is 4.79 Å². The van der Waals surface area contributed by atoms with E-state index in [-0.39, 0.29) is 11.3 Å². The maximum Gasteiger partial charge on any atom is 0.136 e. The number of ketones is 1. The minimum absolute atomic E-state index is 0.0389. The first-order valence-corrected chi connectivity index (χ1v) is 11.8. The lowest BCUT2D eigenvalue weighted by Gasteiger charge is -2.67. The van der Waals surface area contributed by atoms with Gasteiger partial charge in [-0.15, -0.1) is 0 Å². The van der Waals surface area contributed by atoms with E-state index < -0.39 is 0 Å². The fourth-order valence-electron chi connectivity index (χ4n) is 9.89. The van der Waals surface area contributed by atoms with E-state index in [0.29, 0.717) is 28.4 Å². The first kappa shape index (κ1) is 18.4. The lowest BCUT2D eigenvalue weighted by Crippen LogP contribution is -2.60. The lowest BCUT2D eigenvalue weighted by atomic mass is 9.38. The van der Waals surface area contributed by atoms with Crippen LogP contribution in [0.1, 0.15) is 91.4 Å². The third-order valence-corrected chi connectivity index (χ3v) is 11.2. The van der Waals surface area contributed by atoms with Crippen molar-refractivity contribution in [2.45, 2.75) is 91.4 Å². The molecule has 5 saturated carbocycles. The number of rotatable bonds is 1. The molecule has 0 N–H and O–H groups in total. The summed E-state index contributed by atoms with van der Waals surface area (Å²) in [5.74, 6) is 4.46. The molecular formula is C25H38O2. The van der Waals surface area contributed by atoms with E-state index >= 15 is 0 Å². The van der Waals surface area contributed by atoms with Crippen molar-refractivity contribution in [3.8, 4) is 0 Å². The molecule has 5 fully saturated rings. The van der Waals surface area contributed by atoms with Crippen LogP contribution in [0.15, 0.2) is 0 Å². The summed E-state index contributed by atoms with van der Waals surface area (Å²) in [6.45, 7) is 7.40. The summed E-state index contributed by atoms with van der Waals surface area (Å²) >= 11 is 0. The van der Waals surface area contributed by atoms with Crippen LogP contribution < -0.4 is 0 Å². The van der Waals surface area contributed by atoms with Crippen molar-refractivity contribution in [2.75, 3.05) is 0 Å². The number of carbonyl (C=O) groups excluding carboxylic acids is 2. The van der Waals surface area contributed by atoms with Crippen LogP contribution in [0.2, 0.25) is 0 Å². The molecule has 0 aliphatic heterocycles. The van der Waals surface area contributed by atoms with Gasteiger partial charge in [0.25, 0.3) is 0 Å². The third kappa shape index (κ3) is 2.25. The van der Waals surface area contributed by atoms with Crippen LogP contribution in [-0.4, -0.2) is 12.1 Å². The van der Waals surface area contributed by atoms with Gasteiger partial charge >= 0.3 is 0 Å². The van der Waals surface area contributed by atoms with E-state index in [1.165, 1.54) is 51.2 Å². The van der Waals surface area contributed by atoms with Crippen molar-refractivity contribution in [3.63, 3.8) is 0 Å². The maximum absolute atomic E-state index is 12.4. The van der Waals surface area contributed by atoms with E-state index in [2.05, 4.69) is 20.8 Å². The normalized spacial score (nSPS) is 57.2. The highest BCUT2D eigenvalue weighted by Gasteiger charge is 2.64. The molecule has 150 valence electrons. The van der Waals surface area contributed by atoms with Crippen LogP contribution in [0.4, 0.5) is 0 Å². The number of Topliss-reactive ketones (excluding diaryl/α,β-unsaturated/α-hetero) is 1. The predicted octanol–water partition coefficient (Wildman–Crippen LogP) is 5.83. The molecule has 0 heterocycles. The van der Waals surface area contributed by atoms with Crippen molar-refractivity contribution < 1.29 is 9.59 Å². The topological polar surface area (TPSA) is 34.1 Å². The Kier molecular flexibility index (Phi) is 4.03. The molecule has 0 bridgehead atoms. The summed E-state index contributed by atoms with van der Waals surface area (Å²) in [5, 5.41) is 0. The molecule has 5 aliphatic carbocycles. The molecule has 0 aromatic carbocycles. The fraction of sp³-hybridized carbons (Fsp3) is 0.920. The average molecular weight is 371 g/mol. The number of hydrogen-bond donors (Lipinski definition) is 0. The summed E-state index contributed by atoms with van der Waals surface area (Å²) < 4.78 is 0. The second kappa shape index (κ2) is 5.92. The van der Waals surface area contributed by atoms with Gasteiger partial charge in [0.05, 0.1) is 0 Å². The zero-order valence-corrected chi connectivity index (χ0v) is 17.6. The summed E-state index contributed by atoms with van der Waals surface area (Å²) in [4.78, 5) is 24.5. The van der Waals surface area contributed by atoms with Crippen molar-refractivity contribution in [2.24, 2.45) is 51.8 Å². The Labute approximate surface area is 165 Å². The van der Waals surface area contributed by atoms with E-state index in [1.54, 1.807) is 0 Å². The molecule has 2 nitrogen and oxygen atoms in total. The summed E-state index contributed by atoms with van der Waals surface area (Å²) in [5.41, 5.74) is 0.837. The first-order valence-electron chi connectivity index (χ1n) is 11.8. The third-order valence-electron chi connectivity index (χ3n) is 11.2. The standard InChI is InChI=1S/C25H38O2/c1-16-18-8-12-24(3)19-9-14-25(15-26)11-4-5-20(25)17(19)6-7-22(24)23(18,2)13-10-21(16)27/h15-20,22H,4-14H2,1-3H3. The van der Waals surface area contributed by atoms with Crippen LogP contribution in [-0.2, 0) is 9.59 Å². The lowest BCUT2D eigenvalue weighted by molar-refractivity contribution is -0.184. The highest BCUT2D eigenvalue weighted by Crippen LogP contribution is 2.71. The van der Waals surface area contributed by atoms with E-state index in [0.717, 1.165) is 43.4 Å². The molecule has 5 aliphatic rings. The minimum Gasteiger partial charge on any atom is -0.303 e. The number of fused-ring (bicyclic) bond motifs is 7. The predicted molar refractivity (Wildman–Crippen MR) is 107 cm³/mol. The Morgan fingerprint density at radius 1 is 0.852 bits per heavy atom. The Bertz CT molecular complexity index is 655. The molecule has 9 unspecified atom stereocenters. The van der Waals surface area contributed by atoms with Gasteiger partial charge in [-0.05, 0) is 98.2 Å². The second-order valence-electron chi connectivity index (χ2n) is 11.7. The second-order valence-corrected chi connectivity index (χ2v) is 11.7. The smallest absolute Gasteiger partial charge is 0.136 e. The van der Waals surface area contributed by atoms with E-state index in [1.807, 2.05) is 0 Å². The molecule has 5 rings (SSSR count). The van der Waals surface area contributed by atoms with Gasteiger partial charge in [0.15, 0.2) is 0 Å². The molecule has 27 heavy (non-hydrogen) atoms. The van der Waals surface area contributed by atoms with E-state index in [9.17, 15) is 9.59 Å². The SMILES string of the molecule is CC1C(=O)CCC2(C)C1CCC1(C)C3CCC4(C=O)CCCC4C3CCC21. The van der Waals surface area contributed by atoms with Gasteiger partial charge in [-0.1, -0.05) is 27.2 Å². The van der Waals surface area contributed by atoms with Gasteiger partial charge in [0.1, 0.15) is 12.1 Å². The molecule has 9 atom stereocenters. The zero-order chi connectivity index (χ0) is 19.0. The number of aldehydes is 1. The first-order chi connectivity index (χ1) is 12.9. The molecule has 0 aromatic heterocycles. The molecule has 0 aromatic rings. The van der Waals surface area contributed by atoms with Crippen LogP contribution >= 0.6 is 0 Å². The highest BCUT2D eigenvalue weighted by molar-refractivity contribution is 5.82. The number of carbonyl (C=O) groups is 2. The van der Waals surface area contributed by atoms with Crippen LogP contribution in [0.25, 0.3) is 0 Å². The average Bonchev–Trinajstić information content (AvgIpc) is 3.10. The monoisotopic (exact) mass is 370 g/mol. The molecule has 2 heteroatoms. The summed E-state index contributed by atoms with van der Waals surface area (Å²) in [7, 11) is 0. The molecule has 0 saturated heterocycles. The van der Waals surface area contributed by atoms with Gasteiger partial charge in [-0.2, -0.15) is 0 Å². The zero-order valence-electron chi connectivity index (χ0n) is 17.6. The molecular weight excluding hydrogens is 332 g/mol. The van der Waals surface area contributed by atoms with Crippen LogP contribution in [0, 0.1) is 51.8 Å². The van der Waals surface area contributed by atoms with Crippen molar-refractivity contribution in [3.05, 3.63) is 0 Å². The molecule has 0 spiro atoms. The fourth-order valence-corrected chi connectivity index (χ4v) is 9.89. The Hall–Kier alpha value is -0.660. The van der Waals surface area contributed by atoms with Crippen molar-refractivity contribution in [1.82, 2.24) is 0 Å². The van der Waals surface area contributed by atoms with Gasteiger partial charge in [-0.25, -0.2) is 0 Å².